The van der Waals surface area contributed by atoms with E-state index >= 15 is 0 Å². The predicted molar refractivity (Wildman–Crippen MR) is 96.8 cm³/mol. The Morgan fingerprint density at radius 3 is 2.22 bits per heavy atom. The van der Waals surface area contributed by atoms with Crippen LogP contribution in [0.25, 0.3) is 0 Å². The maximum atomic E-state index is 12.4. The van der Waals surface area contributed by atoms with Crippen LogP contribution >= 0.6 is 0 Å². The number of carbonyl (C=O) groups is 1. The van der Waals surface area contributed by atoms with Crippen molar-refractivity contribution in [2.45, 2.75) is 54.0 Å². The van der Waals surface area contributed by atoms with Crippen molar-refractivity contribution in [2.75, 3.05) is 0 Å². The van der Waals surface area contributed by atoms with Gasteiger partial charge >= 0.3 is 0 Å². The van der Waals surface area contributed by atoms with Crippen molar-refractivity contribution < 1.29 is 4.79 Å². The van der Waals surface area contributed by atoms with E-state index in [0.717, 1.165) is 5.56 Å². The standard InChI is InChI=1S/C21H27NO/c1-13-7-8-19(16(4)9-13)12-21(23)22-18(6)20-11-15(3)14(2)10-17(20)5/h7-11,18H,12H2,1-6H3,(H,22,23)/t18-/m1/s1. The minimum absolute atomic E-state index is 0.0209. The van der Waals surface area contributed by atoms with Crippen LogP contribution in [0.4, 0.5) is 0 Å². The summed E-state index contributed by atoms with van der Waals surface area (Å²) in [5.74, 6) is 0.0714. The smallest absolute Gasteiger partial charge is 0.224 e. The largest absolute Gasteiger partial charge is 0.349 e. The molecule has 2 aromatic carbocycles. The van der Waals surface area contributed by atoms with Crippen LogP contribution in [0, 0.1) is 34.6 Å². The molecule has 1 amide bonds. The maximum absolute atomic E-state index is 12.4. The normalized spacial score (nSPS) is 12.1. The molecule has 23 heavy (non-hydrogen) atoms. The molecule has 0 radical (unpaired) electrons. The average Bonchev–Trinajstić information content (AvgIpc) is 2.45. The second kappa shape index (κ2) is 6.99. The van der Waals surface area contributed by atoms with Crippen LogP contribution in [-0.2, 0) is 11.2 Å². The lowest BCUT2D eigenvalue weighted by Gasteiger charge is -2.19. The summed E-state index contributed by atoms with van der Waals surface area (Å²) in [6, 6.07) is 10.6. The Morgan fingerprint density at radius 2 is 1.57 bits per heavy atom. The Balaban J connectivity index is 2.09. The van der Waals surface area contributed by atoms with E-state index in [1.165, 1.54) is 33.4 Å². The molecule has 2 aromatic rings. The molecule has 0 bridgehead atoms. The molecule has 0 aromatic heterocycles. The summed E-state index contributed by atoms with van der Waals surface area (Å²) in [4.78, 5) is 12.4. The number of carbonyl (C=O) groups excluding carboxylic acids is 1. The van der Waals surface area contributed by atoms with Gasteiger partial charge in [-0.2, -0.15) is 0 Å². The first kappa shape index (κ1) is 17.3. The van der Waals surface area contributed by atoms with Crippen LogP contribution in [0.15, 0.2) is 30.3 Å². The predicted octanol–water partition coefficient (Wildman–Crippen LogP) is 4.65. The highest BCUT2D eigenvalue weighted by atomic mass is 16.1. The molecule has 0 aliphatic rings. The Hall–Kier alpha value is -2.09. The van der Waals surface area contributed by atoms with Gasteiger partial charge in [-0.1, -0.05) is 35.9 Å². The molecule has 0 unspecified atom stereocenters. The molecular formula is C21H27NO. The van der Waals surface area contributed by atoms with E-state index in [1.807, 2.05) is 0 Å². The summed E-state index contributed by atoms with van der Waals surface area (Å²) in [6.07, 6.45) is 0.431. The number of amides is 1. The van der Waals surface area contributed by atoms with Crippen LogP contribution in [0.1, 0.15) is 51.9 Å². The fraction of sp³-hybridized carbons (Fsp3) is 0.381. The first-order chi connectivity index (χ1) is 10.8. The second-order valence-electron chi connectivity index (χ2n) is 6.69. The molecule has 2 rings (SSSR count). The Kier molecular flexibility index (Phi) is 5.25. The van der Waals surface area contributed by atoms with Gasteiger partial charge in [-0.05, 0) is 74.9 Å². The zero-order valence-electron chi connectivity index (χ0n) is 15.1. The van der Waals surface area contributed by atoms with Gasteiger partial charge in [0.05, 0.1) is 12.5 Å². The molecule has 0 heterocycles. The fourth-order valence-electron chi connectivity index (χ4n) is 3.04. The van der Waals surface area contributed by atoms with Gasteiger partial charge < -0.3 is 5.32 Å². The van der Waals surface area contributed by atoms with E-state index in [4.69, 9.17) is 0 Å². The van der Waals surface area contributed by atoms with Crippen molar-refractivity contribution >= 4 is 5.91 Å². The molecular weight excluding hydrogens is 282 g/mol. The van der Waals surface area contributed by atoms with Gasteiger partial charge in [-0.3, -0.25) is 4.79 Å². The van der Waals surface area contributed by atoms with E-state index in [0.29, 0.717) is 6.42 Å². The SMILES string of the molecule is Cc1ccc(CC(=O)N[C@H](C)c2cc(C)c(C)cc2C)c(C)c1. The van der Waals surface area contributed by atoms with Gasteiger partial charge in [0.2, 0.25) is 5.91 Å². The first-order valence-electron chi connectivity index (χ1n) is 8.21. The van der Waals surface area contributed by atoms with Crippen molar-refractivity contribution in [3.8, 4) is 0 Å². The van der Waals surface area contributed by atoms with Gasteiger partial charge in [0.25, 0.3) is 0 Å². The zero-order valence-corrected chi connectivity index (χ0v) is 15.1. The molecule has 0 saturated carbocycles. The maximum Gasteiger partial charge on any atom is 0.224 e. The van der Waals surface area contributed by atoms with Crippen molar-refractivity contribution in [1.29, 1.82) is 0 Å². The lowest BCUT2D eigenvalue weighted by atomic mass is 9.96. The van der Waals surface area contributed by atoms with Crippen LogP contribution in [0.2, 0.25) is 0 Å². The van der Waals surface area contributed by atoms with Gasteiger partial charge in [-0.25, -0.2) is 0 Å². The van der Waals surface area contributed by atoms with E-state index in [1.54, 1.807) is 0 Å². The number of benzene rings is 2. The third-order valence-electron chi connectivity index (χ3n) is 4.58. The molecule has 1 atom stereocenters. The van der Waals surface area contributed by atoms with E-state index in [-0.39, 0.29) is 11.9 Å². The zero-order chi connectivity index (χ0) is 17.1. The number of rotatable bonds is 4. The van der Waals surface area contributed by atoms with Crippen molar-refractivity contribution in [3.63, 3.8) is 0 Å². The third-order valence-corrected chi connectivity index (χ3v) is 4.58. The first-order valence-corrected chi connectivity index (χ1v) is 8.21. The minimum atomic E-state index is 0.0209. The molecule has 2 heteroatoms. The average molecular weight is 309 g/mol. The van der Waals surface area contributed by atoms with Gasteiger partial charge in [0, 0.05) is 0 Å². The summed E-state index contributed by atoms with van der Waals surface area (Å²) < 4.78 is 0. The highest BCUT2D eigenvalue weighted by Gasteiger charge is 2.14. The van der Waals surface area contributed by atoms with Crippen LogP contribution < -0.4 is 5.32 Å². The number of aryl methyl sites for hydroxylation is 5. The van der Waals surface area contributed by atoms with Crippen LogP contribution in [0.5, 0.6) is 0 Å². The summed E-state index contributed by atoms with van der Waals surface area (Å²) in [5.41, 5.74) is 8.48. The highest BCUT2D eigenvalue weighted by Crippen LogP contribution is 2.22. The summed E-state index contributed by atoms with van der Waals surface area (Å²) >= 11 is 0. The molecule has 0 aliphatic carbocycles. The molecule has 2 nitrogen and oxygen atoms in total. The summed E-state index contributed by atoms with van der Waals surface area (Å²) in [5, 5.41) is 3.14. The minimum Gasteiger partial charge on any atom is -0.349 e. The molecule has 0 spiro atoms. The van der Waals surface area contributed by atoms with Crippen LogP contribution in [0.3, 0.4) is 0 Å². The second-order valence-corrected chi connectivity index (χ2v) is 6.69. The molecule has 0 aliphatic heterocycles. The van der Waals surface area contributed by atoms with Crippen molar-refractivity contribution in [1.82, 2.24) is 5.32 Å². The van der Waals surface area contributed by atoms with E-state index in [9.17, 15) is 4.79 Å². The lowest BCUT2D eigenvalue weighted by Crippen LogP contribution is -2.28. The van der Waals surface area contributed by atoms with Crippen molar-refractivity contribution in [2.24, 2.45) is 0 Å². The van der Waals surface area contributed by atoms with Gasteiger partial charge in [-0.15, -0.1) is 0 Å². The summed E-state index contributed by atoms with van der Waals surface area (Å²) in [7, 11) is 0. The molecule has 0 saturated heterocycles. The van der Waals surface area contributed by atoms with Crippen molar-refractivity contribution in [3.05, 3.63) is 69.3 Å². The van der Waals surface area contributed by atoms with Crippen LogP contribution in [-0.4, -0.2) is 5.91 Å². The van der Waals surface area contributed by atoms with Gasteiger partial charge in [0.15, 0.2) is 0 Å². The highest BCUT2D eigenvalue weighted by molar-refractivity contribution is 5.79. The quantitative estimate of drug-likeness (QED) is 0.875. The topological polar surface area (TPSA) is 29.1 Å². The van der Waals surface area contributed by atoms with Gasteiger partial charge in [0.1, 0.15) is 0 Å². The molecule has 1 N–H and O–H groups in total. The third kappa shape index (κ3) is 4.22. The fourth-order valence-corrected chi connectivity index (χ4v) is 3.04. The van der Waals surface area contributed by atoms with E-state index < -0.39 is 0 Å². The Morgan fingerprint density at radius 1 is 0.913 bits per heavy atom. The monoisotopic (exact) mass is 309 g/mol. The Bertz CT molecular complexity index is 731. The number of hydrogen-bond acceptors (Lipinski definition) is 1. The lowest BCUT2D eigenvalue weighted by molar-refractivity contribution is -0.121. The Labute approximate surface area is 139 Å². The van der Waals surface area contributed by atoms with E-state index in [2.05, 4.69) is 77.2 Å². The number of hydrogen-bond donors (Lipinski definition) is 1. The molecule has 122 valence electrons. The summed E-state index contributed by atoms with van der Waals surface area (Å²) in [6.45, 7) is 12.5. The number of nitrogens with one attached hydrogen (secondary N) is 1. The molecule has 0 fully saturated rings.